The first-order valence-electron chi connectivity index (χ1n) is 6.15. The first kappa shape index (κ1) is 12.2. The lowest BCUT2D eigenvalue weighted by Crippen LogP contribution is -1.98. The highest BCUT2D eigenvalue weighted by molar-refractivity contribution is 5.80. The van der Waals surface area contributed by atoms with Gasteiger partial charge in [0.15, 0.2) is 0 Å². The molecule has 0 atom stereocenters. The van der Waals surface area contributed by atoms with Gasteiger partial charge in [-0.3, -0.25) is 0 Å². The third kappa shape index (κ3) is 2.34. The molecule has 0 bridgehead atoms. The van der Waals surface area contributed by atoms with Gasteiger partial charge in [0.25, 0.3) is 0 Å². The van der Waals surface area contributed by atoms with Crippen LogP contribution in [0.5, 0.6) is 5.75 Å². The average Bonchev–Trinajstić information content (AvgIpc) is 2.93. The fourth-order valence-corrected chi connectivity index (χ4v) is 2.02. The van der Waals surface area contributed by atoms with Crippen molar-refractivity contribution in [1.29, 1.82) is 5.26 Å². The Balaban J connectivity index is 1.77. The summed E-state index contributed by atoms with van der Waals surface area (Å²) in [7, 11) is 0. The molecule has 3 rings (SSSR count). The Morgan fingerprint density at radius 3 is 2.85 bits per heavy atom. The standard InChI is InChI=1S/C16H11FN2O/c17-15-7-11(9-18)1-2-13(15)10-20-14-3-4-16-12(8-14)5-6-19-16/h1-8,19H,10H2. The Kier molecular flexibility index (Phi) is 3.10. The van der Waals surface area contributed by atoms with E-state index in [4.69, 9.17) is 10.00 Å². The number of nitrogens with one attached hydrogen (secondary N) is 1. The summed E-state index contributed by atoms with van der Waals surface area (Å²) in [6.07, 6.45) is 1.86. The molecule has 0 saturated heterocycles. The lowest BCUT2D eigenvalue weighted by atomic mass is 10.1. The molecule has 1 N–H and O–H groups in total. The van der Waals surface area contributed by atoms with E-state index in [0.29, 0.717) is 16.9 Å². The molecule has 3 nitrogen and oxygen atoms in total. The Bertz CT molecular complexity index is 802. The summed E-state index contributed by atoms with van der Waals surface area (Å²) in [5, 5.41) is 9.73. The molecule has 2 aromatic carbocycles. The van der Waals surface area contributed by atoms with E-state index in [0.717, 1.165) is 10.9 Å². The second-order valence-corrected chi connectivity index (χ2v) is 4.43. The Morgan fingerprint density at radius 1 is 1.15 bits per heavy atom. The van der Waals surface area contributed by atoms with Crippen molar-refractivity contribution in [3.8, 4) is 11.8 Å². The van der Waals surface area contributed by atoms with Crippen LogP contribution in [0.25, 0.3) is 10.9 Å². The monoisotopic (exact) mass is 266 g/mol. The van der Waals surface area contributed by atoms with Crippen molar-refractivity contribution < 1.29 is 9.13 Å². The van der Waals surface area contributed by atoms with Crippen molar-refractivity contribution in [3.05, 3.63) is 65.6 Å². The first-order chi connectivity index (χ1) is 9.76. The van der Waals surface area contributed by atoms with Gasteiger partial charge in [-0.05, 0) is 36.4 Å². The van der Waals surface area contributed by atoms with Crippen LogP contribution in [0.4, 0.5) is 4.39 Å². The van der Waals surface area contributed by atoms with Crippen LogP contribution in [-0.2, 0) is 6.61 Å². The van der Waals surface area contributed by atoms with Gasteiger partial charge in [-0.2, -0.15) is 5.26 Å². The fourth-order valence-electron chi connectivity index (χ4n) is 2.02. The number of nitrogens with zero attached hydrogens (tertiary/aromatic N) is 1. The second-order valence-electron chi connectivity index (χ2n) is 4.43. The van der Waals surface area contributed by atoms with Crippen LogP contribution < -0.4 is 4.74 Å². The maximum Gasteiger partial charge on any atom is 0.131 e. The zero-order valence-corrected chi connectivity index (χ0v) is 10.6. The molecular formula is C16H11FN2O. The number of fused-ring (bicyclic) bond motifs is 1. The lowest BCUT2D eigenvalue weighted by Gasteiger charge is -2.07. The maximum atomic E-state index is 13.7. The van der Waals surface area contributed by atoms with Crippen molar-refractivity contribution in [2.75, 3.05) is 0 Å². The topological polar surface area (TPSA) is 48.8 Å². The predicted octanol–water partition coefficient (Wildman–Crippen LogP) is 3.76. The number of aromatic amines is 1. The molecule has 0 saturated carbocycles. The summed E-state index contributed by atoms with van der Waals surface area (Å²) < 4.78 is 19.3. The average molecular weight is 266 g/mol. The van der Waals surface area contributed by atoms with E-state index in [1.54, 1.807) is 12.1 Å². The molecule has 1 heterocycles. The maximum absolute atomic E-state index is 13.7. The van der Waals surface area contributed by atoms with Gasteiger partial charge in [-0.25, -0.2) is 4.39 Å². The molecule has 0 aliphatic carbocycles. The number of ether oxygens (including phenoxy) is 1. The van der Waals surface area contributed by atoms with Gasteiger partial charge in [0, 0.05) is 22.7 Å². The third-order valence-corrected chi connectivity index (χ3v) is 3.10. The van der Waals surface area contributed by atoms with E-state index in [1.165, 1.54) is 6.07 Å². The van der Waals surface area contributed by atoms with E-state index in [2.05, 4.69) is 4.98 Å². The van der Waals surface area contributed by atoms with Gasteiger partial charge in [0.05, 0.1) is 11.6 Å². The van der Waals surface area contributed by atoms with Crippen LogP contribution in [0.15, 0.2) is 48.7 Å². The summed E-state index contributed by atoms with van der Waals surface area (Å²) in [6.45, 7) is 0.132. The van der Waals surface area contributed by atoms with Crippen LogP contribution in [0.1, 0.15) is 11.1 Å². The smallest absolute Gasteiger partial charge is 0.131 e. The van der Waals surface area contributed by atoms with Crippen molar-refractivity contribution in [2.45, 2.75) is 6.61 Å². The number of H-pyrrole nitrogens is 1. The number of hydrogen-bond acceptors (Lipinski definition) is 2. The van der Waals surface area contributed by atoms with Crippen LogP contribution in [0, 0.1) is 17.1 Å². The summed E-state index contributed by atoms with van der Waals surface area (Å²) in [5.74, 6) is 0.257. The Labute approximate surface area is 115 Å². The molecule has 0 unspecified atom stereocenters. The molecule has 0 radical (unpaired) electrons. The Hall–Kier alpha value is -2.80. The molecule has 4 heteroatoms. The summed E-state index contributed by atoms with van der Waals surface area (Å²) in [6, 6.07) is 13.9. The molecule has 0 fully saturated rings. The van der Waals surface area contributed by atoms with Crippen molar-refractivity contribution in [3.63, 3.8) is 0 Å². The van der Waals surface area contributed by atoms with Gasteiger partial charge in [-0.15, -0.1) is 0 Å². The molecule has 20 heavy (non-hydrogen) atoms. The van der Waals surface area contributed by atoms with Gasteiger partial charge in [0.2, 0.25) is 0 Å². The largest absolute Gasteiger partial charge is 0.489 e. The van der Waals surface area contributed by atoms with Gasteiger partial charge >= 0.3 is 0 Å². The van der Waals surface area contributed by atoms with Crippen molar-refractivity contribution >= 4 is 10.9 Å². The highest BCUT2D eigenvalue weighted by Gasteiger charge is 2.05. The zero-order chi connectivity index (χ0) is 13.9. The van der Waals surface area contributed by atoms with Crippen LogP contribution >= 0.6 is 0 Å². The Morgan fingerprint density at radius 2 is 2.05 bits per heavy atom. The fraction of sp³-hybridized carbons (Fsp3) is 0.0625. The minimum absolute atomic E-state index is 0.132. The summed E-state index contributed by atoms with van der Waals surface area (Å²) in [5.41, 5.74) is 1.76. The summed E-state index contributed by atoms with van der Waals surface area (Å²) in [4.78, 5) is 3.10. The van der Waals surface area contributed by atoms with Crippen LogP contribution in [0.2, 0.25) is 0 Å². The van der Waals surface area contributed by atoms with Crippen molar-refractivity contribution in [2.24, 2.45) is 0 Å². The number of halogens is 1. The van der Waals surface area contributed by atoms with Gasteiger partial charge in [0.1, 0.15) is 18.2 Å². The molecule has 0 spiro atoms. The highest BCUT2D eigenvalue weighted by Crippen LogP contribution is 2.21. The summed E-state index contributed by atoms with van der Waals surface area (Å²) >= 11 is 0. The number of nitriles is 1. The molecule has 3 aromatic rings. The first-order valence-corrected chi connectivity index (χ1v) is 6.15. The number of benzene rings is 2. The van der Waals surface area contributed by atoms with E-state index in [1.807, 2.05) is 36.5 Å². The molecule has 1 aromatic heterocycles. The van der Waals surface area contributed by atoms with Crippen LogP contribution in [-0.4, -0.2) is 4.98 Å². The molecule has 98 valence electrons. The molecule has 0 amide bonds. The third-order valence-electron chi connectivity index (χ3n) is 3.10. The number of aromatic nitrogens is 1. The van der Waals surface area contributed by atoms with E-state index < -0.39 is 5.82 Å². The lowest BCUT2D eigenvalue weighted by molar-refractivity contribution is 0.300. The number of hydrogen-bond donors (Lipinski definition) is 1. The normalized spacial score (nSPS) is 10.4. The quantitative estimate of drug-likeness (QED) is 0.784. The second kappa shape index (κ2) is 5.06. The minimum atomic E-state index is -0.424. The van der Waals surface area contributed by atoms with Gasteiger partial charge < -0.3 is 9.72 Å². The predicted molar refractivity (Wildman–Crippen MR) is 73.7 cm³/mol. The molecule has 0 aliphatic heterocycles. The van der Waals surface area contributed by atoms with Crippen LogP contribution in [0.3, 0.4) is 0 Å². The van der Waals surface area contributed by atoms with E-state index >= 15 is 0 Å². The van der Waals surface area contributed by atoms with E-state index in [-0.39, 0.29) is 6.61 Å². The highest BCUT2D eigenvalue weighted by atomic mass is 19.1. The molecule has 0 aliphatic rings. The molecular weight excluding hydrogens is 255 g/mol. The SMILES string of the molecule is N#Cc1ccc(COc2ccc3[nH]ccc3c2)c(F)c1. The van der Waals surface area contributed by atoms with Gasteiger partial charge in [-0.1, -0.05) is 6.07 Å². The number of rotatable bonds is 3. The minimum Gasteiger partial charge on any atom is -0.489 e. The zero-order valence-electron chi connectivity index (χ0n) is 10.6. The van der Waals surface area contributed by atoms with Crippen molar-refractivity contribution in [1.82, 2.24) is 4.98 Å². The van der Waals surface area contributed by atoms with E-state index in [9.17, 15) is 4.39 Å².